The maximum absolute atomic E-state index is 13.2. The highest BCUT2D eigenvalue weighted by atomic mass is 32.2. The fraction of sp³-hybridized carbons (Fsp3) is 0.667. The van der Waals surface area contributed by atoms with Gasteiger partial charge in [-0.25, -0.2) is 0 Å². The van der Waals surface area contributed by atoms with Crippen molar-refractivity contribution in [2.45, 2.75) is 38.6 Å². The molecule has 2 aliphatic heterocycles. The average Bonchev–Trinajstić information content (AvgIpc) is 2.87. The zero-order valence-corrected chi connectivity index (χ0v) is 17.2. The fourth-order valence-corrected chi connectivity index (χ4v) is 4.67. The first-order chi connectivity index (χ1) is 12.4. The predicted octanol–water partition coefficient (Wildman–Crippen LogP) is 3.26. The normalized spacial score (nSPS) is 22.9. The summed E-state index contributed by atoms with van der Waals surface area (Å²) in [6.45, 7) is 12.0. The van der Waals surface area contributed by atoms with Gasteiger partial charge in [-0.1, -0.05) is 32.9 Å². The lowest BCUT2D eigenvalue weighted by Crippen LogP contribution is -2.50. The Morgan fingerprint density at radius 3 is 2.50 bits per heavy atom. The minimum Gasteiger partial charge on any atom is -0.379 e. The minimum atomic E-state index is 0.111. The van der Waals surface area contributed by atoms with Crippen molar-refractivity contribution in [3.63, 3.8) is 0 Å². The van der Waals surface area contributed by atoms with Gasteiger partial charge in [0.15, 0.2) is 0 Å². The van der Waals surface area contributed by atoms with E-state index >= 15 is 0 Å². The first-order valence-corrected chi connectivity index (χ1v) is 10.9. The van der Waals surface area contributed by atoms with Gasteiger partial charge in [0, 0.05) is 37.5 Å². The molecule has 1 atom stereocenters. The summed E-state index contributed by atoms with van der Waals surface area (Å²) in [6.07, 6.45) is 1.08. The highest BCUT2D eigenvalue weighted by Crippen LogP contribution is 2.24. The summed E-state index contributed by atoms with van der Waals surface area (Å²) in [5.74, 6) is 2.36. The van der Waals surface area contributed by atoms with Gasteiger partial charge in [-0.2, -0.15) is 11.8 Å². The number of carbonyl (C=O) groups is 1. The molecule has 0 bridgehead atoms. The van der Waals surface area contributed by atoms with Crippen molar-refractivity contribution in [1.29, 1.82) is 0 Å². The smallest absolute Gasteiger partial charge is 0.254 e. The van der Waals surface area contributed by atoms with Gasteiger partial charge >= 0.3 is 0 Å². The molecule has 0 spiro atoms. The molecule has 0 saturated carbocycles. The third kappa shape index (κ3) is 5.02. The van der Waals surface area contributed by atoms with Crippen LogP contribution in [0.25, 0.3) is 0 Å². The van der Waals surface area contributed by atoms with Crippen LogP contribution in [0, 0.1) is 0 Å². The maximum Gasteiger partial charge on any atom is 0.254 e. The molecule has 3 rings (SSSR count). The summed E-state index contributed by atoms with van der Waals surface area (Å²) in [7, 11) is 0. The lowest BCUT2D eigenvalue weighted by Gasteiger charge is -2.35. The Hall–Kier alpha value is -1.04. The number of thioether (sulfide) groups is 1. The van der Waals surface area contributed by atoms with Crippen LogP contribution in [0.1, 0.15) is 43.1 Å². The molecule has 2 fully saturated rings. The highest BCUT2D eigenvalue weighted by Gasteiger charge is 2.29. The number of nitrogens with zero attached hydrogens (tertiary/aromatic N) is 2. The molecule has 0 radical (unpaired) electrons. The van der Waals surface area contributed by atoms with E-state index in [1.807, 2.05) is 23.9 Å². The Labute approximate surface area is 162 Å². The SMILES string of the molecule is CC(C)(C)c1ccc(C(=O)N2CCCSC[C@@H]2CN2CCOCC2)cc1. The van der Waals surface area contributed by atoms with E-state index in [0.29, 0.717) is 0 Å². The largest absolute Gasteiger partial charge is 0.379 e. The zero-order valence-electron chi connectivity index (χ0n) is 16.4. The molecule has 1 aromatic carbocycles. The Kier molecular flexibility index (Phi) is 6.65. The zero-order chi connectivity index (χ0) is 18.6. The molecule has 1 amide bonds. The monoisotopic (exact) mass is 376 g/mol. The number of carbonyl (C=O) groups excluding carboxylic acids is 1. The summed E-state index contributed by atoms with van der Waals surface area (Å²) in [6, 6.07) is 8.52. The van der Waals surface area contributed by atoms with Crippen LogP contribution in [0.3, 0.4) is 0 Å². The van der Waals surface area contributed by atoms with Crippen molar-refractivity contribution in [2.24, 2.45) is 0 Å². The second-order valence-corrected chi connectivity index (χ2v) is 9.47. The van der Waals surface area contributed by atoms with Gasteiger partial charge in [-0.15, -0.1) is 0 Å². The van der Waals surface area contributed by atoms with Crippen molar-refractivity contribution in [1.82, 2.24) is 9.80 Å². The molecule has 144 valence electrons. The molecular weight excluding hydrogens is 344 g/mol. The van der Waals surface area contributed by atoms with Crippen molar-refractivity contribution in [3.05, 3.63) is 35.4 Å². The van der Waals surface area contributed by atoms with Crippen LogP contribution >= 0.6 is 11.8 Å². The Morgan fingerprint density at radius 2 is 1.85 bits per heavy atom. The molecule has 0 N–H and O–H groups in total. The summed E-state index contributed by atoms with van der Waals surface area (Å²) < 4.78 is 5.47. The number of hydrogen-bond acceptors (Lipinski definition) is 4. The topological polar surface area (TPSA) is 32.8 Å². The standard InChI is InChI=1S/C21H32N2O2S/c1-21(2,3)18-7-5-17(6-8-18)20(24)23-9-4-14-26-16-19(23)15-22-10-12-25-13-11-22/h5-8,19H,4,9-16H2,1-3H3/t19-/m0/s1. The molecule has 0 aromatic heterocycles. The number of hydrogen-bond donors (Lipinski definition) is 0. The first kappa shape index (κ1) is 19.7. The summed E-state index contributed by atoms with van der Waals surface area (Å²) in [5.41, 5.74) is 2.20. The number of ether oxygens (including phenoxy) is 1. The van der Waals surface area contributed by atoms with E-state index in [9.17, 15) is 4.79 Å². The van der Waals surface area contributed by atoms with E-state index in [4.69, 9.17) is 4.74 Å². The van der Waals surface area contributed by atoms with Gasteiger partial charge in [0.25, 0.3) is 5.91 Å². The van der Waals surface area contributed by atoms with Crippen LogP contribution in [0.2, 0.25) is 0 Å². The van der Waals surface area contributed by atoms with Crippen molar-refractivity contribution < 1.29 is 9.53 Å². The number of morpholine rings is 1. The van der Waals surface area contributed by atoms with Crippen molar-refractivity contribution in [3.8, 4) is 0 Å². The average molecular weight is 377 g/mol. The first-order valence-electron chi connectivity index (χ1n) is 9.74. The van der Waals surface area contributed by atoms with Crippen LogP contribution in [-0.2, 0) is 10.2 Å². The van der Waals surface area contributed by atoms with Crippen LogP contribution in [0.5, 0.6) is 0 Å². The van der Waals surface area contributed by atoms with Crippen LogP contribution < -0.4 is 0 Å². The second-order valence-electron chi connectivity index (χ2n) is 8.32. The molecular formula is C21H32N2O2S. The van der Waals surface area contributed by atoms with Crippen LogP contribution in [0.4, 0.5) is 0 Å². The summed E-state index contributed by atoms with van der Waals surface area (Å²) in [4.78, 5) is 17.8. The number of rotatable bonds is 3. The molecule has 5 heteroatoms. The third-order valence-electron chi connectivity index (χ3n) is 5.27. The number of benzene rings is 1. The quantitative estimate of drug-likeness (QED) is 0.811. The van der Waals surface area contributed by atoms with Gasteiger partial charge < -0.3 is 9.64 Å². The molecule has 1 aromatic rings. The van der Waals surface area contributed by atoms with E-state index < -0.39 is 0 Å². The molecule has 26 heavy (non-hydrogen) atoms. The molecule has 0 aliphatic carbocycles. The van der Waals surface area contributed by atoms with E-state index in [-0.39, 0.29) is 17.4 Å². The second kappa shape index (κ2) is 8.77. The predicted molar refractivity (Wildman–Crippen MR) is 109 cm³/mol. The van der Waals surface area contributed by atoms with E-state index in [2.05, 4.69) is 42.7 Å². The van der Waals surface area contributed by atoms with Crippen molar-refractivity contribution >= 4 is 17.7 Å². The molecule has 0 unspecified atom stereocenters. The van der Waals surface area contributed by atoms with Gasteiger partial charge in [0.1, 0.15) is 0 Å². The van der Waals surface area contributed by atoms with Gasteiger partial charge in [0.2, 0.25) is 0 Å². The number of amides is 1. The lowest BCUT2D eigenvalue weighted by molar-refractivity contribution is 0.0245. The van der Waals surface area contributed by atoms with Gasteiger partial charge in [-0.05, 0) is 35.3 Å². The Balaban J connectivity index is 1.73. The van der Waals surface area contributed by atoms with Crippen LogP contribution in [-0.4, -0.2) is 72.6 Å². The Bertz CT molecular complexity index is 591. The van der Waals surface area contributed by atoms with Gasteiger partial charge in [-0.3, -0.25) is 9.69 Å². The lowest BCUT2D eigenvalue weighted by atomic mass is 9.86. The van der Waals surface area contributed by atoms with Crippen LogP contribution in [0.15, 0.2) is 24.3 Å². The minimum absolute atomic E-state index is 0.111. The van der Waals surface area contributed by atoms with E-state index in [1.165, 1.54) is 5.56 Å². The summed E-state index contributed by atoms with van der Waals surface area (Å²) in [5, 5.41) is 0. The van der Waals surface area contributed by atoms with E-state index in [0.717, 1.165) is 62.9 Å². The van der Waals surface area contributed by atoms with Crippen molar-refractivity contribution in [2.75, 3.05) is 50.9 Å². The maximum atomic E-state index is 13.2. The molecule has 4 nitrogen and oxygen atoms in total. The fourth-order valence-electron chi connectivity index (χ4n) is 3.61. The molecule has 2 aliphatic rings. The van der Waals surface area contributed by atoms with Gasteiger partial charge in [0.05, 0.1) is 19.3 Å². The summed E-state index contributed by atoms with van der Waals surface area (Å²) >= 11 is 1.98. The molecule has 2 saturated heterocycles. The third-order valence-corrected chi connectivity index (χ3v) is 6.47. The van der Waals surface area contributed by atoms with E-state index in [1.54, 1.807) is 0 Å². The Morgan fingerprint density at radius 1 is 1.15 bits per heavy atom. The highest BCUT2D eigenvalue weighted by molar-refractivity contribution is 7.99. The molecule has 2 heterocycles.